The van der Waals surface area contributed by atoms with E-state index < -0.39 is 26.1 Å². The number of carbonyl (C=O) groups excluding carboxylic acids is 1. The zero-order chi connectivity index (χ0) is 35.6. The third-order valence-corrected chi connectivity index (χ3v) is 11.2. The molecular formula is C35H28Cl2N4O7S2. The molecule has 0 aromatic heterocycles. The zero-order valence-corrected chi connectivity index (χ0v) is 29.0. The highest BCUT2D eigenvalue weighted by Crippen LogP contribution is 2.28. The van der Waals surface area contributed by atoms with E-state index >= 15 is 0 Å². The Kier molecular flexibility index (Phi) is 9.89. The molecular weight excluding hydrogens is 723 g/mol. The van der Waals surface area contributed by atoms with Gasteiger partial charge in [-0.05, 0) is 118 Å². The lowest BCUT2D eigenvalue weighted by Crippen LogP contribution is -2.19. The molecule has 6 aromatic rings. The molecule has 6 rings (SSSR count). The van der Waals surface area contributed by atoms with Crippen LogP contribution >= 0.6 is 23.2 Å². The fourth-order valence-electron chi connectivity index (χ4n) is 5.18. The van der Waals surface area contributed by atoms with E-state index in [0.29, 0.717) is 43.3 Å². The first-order chi connectivity index (χ1) is 23.8. The topological polar surface area (TPSA) is 174 Å². The summed E-state index contributed by atoms with van der Waals surface area (Å²) in [6, 6.07) is 27.6. The molecule has 6 aromatic carbocycles. The second-order valence-electron chi connectivity index (χ2n) is 11.2. The minimum atomic E-state index is -4.00. The molecule has 15 heteroatoms. The summed E-state index contributed by atoms with van der Waals surface area (Å²) in [4.78, 5) is 13.0. The predicted molar refractivity (Wildman–Crippen MR) is 197 cm³/mol. The third-order valence-electron chi connectivity index (χ3n) is 7.70. The number of carbonyl (C=O) groups is 1. The molecule has 0 saturated heterocycles. The third kappa shape index (κ3) is 7.78. The van der Waals surface area contributed by atoms with Crippen LogP contribution in [0, 0.1) is 0 Å². The molecule has 0 heterocycles. The Morgan fingerprint density at radius 3 is 1.28 bits per heavy atom. The fourth-order valence-corrected chi connectivity index (χ4v) is 7.70. The van der Waals surface area contributed by atoms with Gasteiger partial charge in [-0.25, -0.2) is 21.6 Å². The summed E-state index contributed by atoms with van der Waals surface area (Å²) in [7, 11) is -8.00. The molecule has 0 radical (unpaired) electrons. The Balaban J connectivity index is 1.17. The Labute approximate surface area is 297 Å². The van der Waals surface area contributed by atoms with Crippen molar-refractivity contribution in [2.24, 2.45) is 0 Å². The van der Waals surface area contributed by atoms with E-state index in [0.717, 1.165) is 10.8 Å². The van der Waals surface area contributed by atoms with Crippen molar-refractivity contribution in [1.29, 1.82) is 0 Å². The van der Waals surface area contributed by atoms with E-state index in [9.17, 15) is 31.8 Å². The van der Waals surface area contributed by atoms with Gasteiger partial charge in [-0.1, -0.05) is 47.5 Å². The van der Waals surface area contributed by atoms with Crippen LogP contribution in [0.3, 0.4) is 0 Å². The minimum absolute atomic E-state index is 0.0112. The van der Waals surface area contributed by atoms with E-state index in [2.05, 4.69) is 20.1 Å². The summed E-state index contributed by atoms with van der Waals surface area (Å²) < 4.78 is 57.6. The molecule has 0 aliphatic heterocycles. The van der Waals surface area contributed by atoms with Gasteiger partial charge in [-0.15, -0.1) is 0 Å². The van der Waals surface area contributed by atoms with Crippen LogP contribution < -0.4 is 20.1 Å². The van der Waals surface area contributed by atoms with Crippen molar-refractivity contribution in [2.45, 2.75) is 23.0 Å². The molecule has 6 N–H and O–H groups in total. The maximum atomic E-state index is 13.1. The largest absolute Gasteiger partial charge is 0.392 e. The molecule has 0 bridgehead atoms. The number of fused-ring (bicyclic) bond motifs is 2. The normalized spacial score (nSPS) is 11.8. The lowest BCUT2D eigenvalue weighted by atomic mass is 10.1. The number of rotatable bonds is 10. The van der Waals surface area contributed by atoms with Crippen LogP contribution in [-0.4, -0.2) is 33.1 Å². The number of nitrogens with one attached hydrogen (secondary N) is 4. The molecule has 0 spiro atoms. The smallest absolute Gasteiger partial charge is 0.323 e. The van der Waals surface area contributed by atoms with Gasteiger partial charge >= 0.3 is 6.03 Å². The predicted octanol–water partition coefficient (Wildman–Crippen LogP) is 7.53. The van der Waals surface area contributed by atoms with Crippen LogP contribution in [0.15, 0.2) is 119 Å². The fraction of sp³-hybridized carbons (Fsp3) is 0.0571. The van der Waals surface area contributed by atoms with Crippen molar-refractivity contribution in [3.63, 3.8) is 0 Å². The van der Waals surface area contributed by atoms with Gasteiger partial charge in [0.05, 0.1) is 23.0 Å². The molecule has 0 atom stereocenters. The number of amides is 2. The zero-order valence-electron chi connectivity index (χ0n) is 25.8. The van der Waals surface area contributed by atoms with Crippen molar-refractivity contribution >= 4 is 93.6 Å². The van der Waals surface area contributed by atoms with Gasteiger partial charge in [-0.2, -0.15) is 0 Å². The first-order valence-corrected chi connectivity index (χ1v) is 18.6. The first kappa shape index (κ1) is 35.0. The average Bonchev–Trinajstić information content (AvgIpc) is 3.09. The second kappa shape index (κ2) is 14.2. The lowest BCUT2D eigenvalue weighted by molar-refractivity contribution is 0.262. The first-order valence-electron chi connectivity index (χ1n) is 14.8. The lowest BCUT2D eigenvalue weighted by Gasteiger charge is -2.12. The Bertz CT molecular complexity index is 2340. The number of anilines is 4. The highest BCUT2D eigenvalue weighted by atomic mass is 35.5. The van der Waals surface area contributed by atoms with Crippen LogP contribution in [0.4, 0.5) is 27.5 Å². The van der Waals surface area contributed by atoms with E-state index in [1.54, 1.807) is 48.5 Å². The van der Waals surface area contributed by atoms with Crippen LogP contribution in [0.25, 0.3) is 21.5 Å². The summed E-state index contributed by atoms with van der Waals surface area (Å²) in [5.41, 5.74) is 2.03. The number of benzene rings is 6. The Morgan fingerprint density at radius 1 is 0.500 bits per heavy atom. The molecule has 0 unspecified atom stereocenters. The van der Waals surface area contributed by atoms with E-state index in [-0.39, 0.29) is 34.4 Å². The highest BCUT2D eigenvalue weighted by Gasteiger charge is 2.18. The van der Waals surface area contributed by atoms with Crippen molar-refractivity contribution in [1.82, 2.24) is 0 Å². The number of sulfonamides is 2. The molecule has 11 nitrogen and oxygen atoms in total. The Hall–Kier alpha value is -4.89. The van der Waals surface area contributed by atoms with Crippen molar-refractivity contribution in [3.8, 4) is 0 Å². The number of aliphatic hydroxyl groups is 2. The standard InChI is InChI=1S/C35H28Cl2N4O7S2/c36-33-11-7-29(15-25(33)19-42)40-49(45,46)31-9-3-21-1-5-27(13-23(21)17-31)38-35(44)39-28-6-2-22-4-10-32(18-24(22)14-28)50(47,48)41-30-8-12-34(37)26(16-30)20-43/h1-18,40-43H,19-20H2,(H2,38,39,44). The molecule has 0 aliphatic carbocycles. The summed E-state index contributed by atoms with van der Waals surface area (Å²) in [5.74, 6) is 0. The molecule has 0 aliphatic rings. The average molecular weight is 752 g/mol. The van der Waals surface area contributed by atoms with Crippen LogP contribution in [0.1, 0.15) is 11.1 Å². The van der Waals surface area contributed by atoms with E-state index in [1.807, 2.05) is 0 Å². The minimum Gasteiger partial charge on any atom is -0.392 e. The number of aliphatic hydroxyl groups excluding tert-OH is 2. The molecule has 50 heavy (non-hydrogen) atoms. The Morgan fingerprint density at radius 2 is 0.880 bits per heavy atom. The molecule has 0 fully saturated rings. The van der Waals surface area contributed by atoms with Crippen LogP contribution in [-0.2, 0) is 33.3 Å². The highest BCUT2D eigenvalue weighted by molar-refractivity contribution is 7.93. The van der Waals surface area contributed by atoms with Crippen LogP contribution in [0.5, 0.6) is 0 Å². The van der Waals surface area contributed by atoms with Crippen molar-refractivity contribution < 1.29 is 31.8 Å². The van der Waals surface area contributed by atoms with Gasteiger partial charge in [-0.3, -0.25) is 9.44 Å². The summed E-state index contributed by atoms with van der Waals surface area (Å²) >= 11 is 12.0. The SMILES string of the molecule is O=C(Nc1ccc2ccc(S(=O)(=O)Nc3ccc(Cl)c(CO)c3)cc2c1)Nc1ccc2ccc(S(=O)(=O)Nc3ccc(Cl)c(CO)c3)cc2c1. The summed E-state index contributed by atoms with van der Waals surface area (Å²) in [6.45, 7) is -0.700. The number of hydrogen-bond acceptors (Lipinski definition) is 7. The molecule has 256 valence electrons. The van der Waals surface area contributed by atoms with Crippen LogP contribution in [0.2, 0.25) is 10.0 Å². The van der Waals surface area contributed by atoms with Gasteiger partial charge in [0, 0.05) is 32.8 Å². The quantitative estimate of drug-likeness (QED) is 0.0839. The van der Waals surface area contributed by atoms with E-state index in [4.69, 9.17) is 23.2 Å². The monoisotopic (exact) mass is 750 g/mol. The van der Waals surface area contributed by atoms with Crippen molar-refractivity contribution in [3.05, 3.63) is 130 Å². The number of halogens is 2. The number of hydrogen-bond donors (Lipinski definition) is 6. The van der Waals surface area contributed by atoms with Crippen molar-refractivity contribution in [2.75, 3.05) is 20.1 Å². The molecule has 2 amide bonds. The maximum absolute atomic E-state index is 13.1. The second-order valence-corrected chi connectivity index (χ2v) is 15.3. The van der Waals surface area contributed by atoms with Gasteiger partial charge in [0.15, 0.2) is 0 Å². The van der Waals surface area contributed by atoms with Gasteiger partial charge in [0.2, 0.25) is 0 Å². The maximum Gasteiger partial charge on any atom is 0.323 e. The van der Waals surface area contributed by atoms with Gasteiger partial charge in [0.1, 0.15) is 0 Å². The summed E-state index contributed by atoms with van der Waals surface area (Å²) in [5, 5.41) is 27.6. The van der Waals surface area contributed by atoms with Gasteiger partial charge < -0.3 is 20.8 Å². The summed E-state index contributed by atoms with van der Waals surface area (Å²) in [6.07, 6.45) is 0. The van der Waals surface area contributed by atoms with Gasteiger partial charge in [0.25, 0.3) is 20.0 Å². The van der Waals surface area contributed by atoms with E-state index in [1.165, 1.54) is 60.7 Å². The molecule has 0 saturated carbocycles. The number of urea groups is 1.